The molecular weight excluding hydrogens is 464 g/mol. The monoisotopic (exact) mass is 498 g/mol. The third-order valence-electron chi connectivity index (χ3n) is 5.67. The van der Waals surface area contributed by atoms with Gasteiger partial charge in [-0.1, -0.05) is 25.3 Å². The van der Waals surface area contributed by atoms with Crippen LogP contribution in [0.5, 0.6) is 5.75 Å². The first-order chi connectivity index (χ1) is 17.6. The highest BCUT2D eigenvalue weighted by Gasteiger charge is 2.22. The van der Waals surface area contributed by atoms with E-state index in [1.807, 2.05) is 12.1 Å². The first-order valence-electron chi connectivity index (χ1n) is 12.2. The van der Waals surface area contributed by atoms with Crippen LogP contribution in [0, 0.1) is 0 Å². The lowest BCUT2D eigenvalue weighted by Crippen LogP contribution is -2.17. The topological polar surface area (TPSA) is 89.5 Å². The molecule has 0 amide bonds. The smallest absolute Gasteiger partial charge is 0.330 e. The van der Waals surface area contributed by atoms with Gasteiger partial charge in [-0.05, 0) is 54.0 Å². The van der Waals surface area contributed by atoms with Crippen molar-refractivity contribution in [2.24, 2.45) is 0 Å². The number of rotatable bonds is 16. The molecule has 8 heteroatoms. The highest BCUT2D eigenvalue weighted by atomic mass is 16.6. The molecule has 3 rings (SSSR count). The number of carbonyl (C=O) groups is 2. The van der Waals surface area contributed by atoms with Crippen molar-refractivity contribution >= 4 is 22.7 Å². The van der Waals surface area contributed by atoms with Gasteiger partial charge < -0.3 is 28.4 Å². The van der Waals surface area contributed by atoms with E-state index >= 15 is 0 Å². The molecule has 0 aromatic heterocycles. The predicted octanol–water partition coefficient (Wildman–Crippen LogP) is 4.10. The number of benzene rings is 2. The Hall–Kier alpha value is -3.20. The van der Waals surface area contributed by atoms with E-state index in [9.17, 15) is 9.59 Å². The number of ether oxygens (including phenoxy) is 6. The second-order valence-corrected chi connectivity index (χ2v) is 8.10. The number of aryl methyl sites for hydroxylation is 1. The Morgan fingerprint density at radius 2 is 1.53 bits per heavy atom. The van der Waals surface area contributed by atoms with Crippen molar-refractivity contribution in [2.75, 3.05) is 52.9 Å². The van der Waals surface area contributed by atoms with Crippen LogP contribution in [0.25, 0.3) is 10.8 Å². The highest BCUT2D eigenvalue weighted by molar-refractivity contribution is 5.90. The van der Waals surface area contributed by atoms with Gasteiger partial charge in [0.05, 0.1) is 39.1 Å². The zero-order chi connectivity index (χ0) is 25.6. The molecular formula is C28H34O8. The van der Waals surface area contributed by atoms with E-state index in [4.69, 9.17) is 28.4 Å². The van der Waals surface area contributed by atoms with Gasteiger partial charge in [0.15, 0.2) is 0 Å². The summed E-state index contributed by atoms with van der Waals surface area (Å²) in [4.78, 5) is 22.0. The summed E-state index contributed by atoms with van der Waals surface area (Å²) in [6, 6.07) is 10.4. The molecule has 2 aromatic rings. The van der Waals surface area contributed by atoms with Gasteiger partial charge >= 0.3 is 11.9 Å². The third kappa shape index (κ3) is 8.48. The van der Waals surface area contributed by atoms with E-state index in [1.54, 1.807) is 0 Å². The lowest BCUT2D eigenvalue weighted by Gasteiger charge is -2.26. The van der Waals surface area contributed by atoms with Crippen LogP contribution in [-0.2, 0) is 39.7 Å². The summed E-state index contributed by atoms with van der Waals surface area (Å²) >= 11 is 0. The second kappa shape index (κ2) is 15.0. The number of hydrogen-bond acceptors (Lipinski definition) is 8. The molecule has 0 bridgehead atoms. The Morgan fingerprint density at radius 1 is 0.861 bits per heavy atom. The Labute approximate surface area is 211 Å². The molecule has 36 heavy (non-hydrogen) atoms. The first kappa shape index (κ1) is 27.4. The molecule has 1 atom stereocenters. The van der Waals surface area contributed by atoms with E-state index in [-0.39, 0.29) is 19.3 Å². The molecule has 0 aliphatic heterocycles. The zero-order valence-electron chi connectivity index (χ0n) is 20.6. The van der Waals surface area contributed by atoms with Crippen LogP contribution >= 0.6 is 0 Å². The number of fused-ring (bicyclic) bond motifs is 2. The summed E-state index contributed by atoms with van der Waals surface area (Å²) in [6.45, 7) is 9.40. The molecule has 0 N–H and O–H groups in total. The molecule has 1 unspecified atom stereocenters. The van der Waals surface area contributed by atoms with Gasteiger partial charge in [0.2, 0.25) is 0 Å². The molecule has 1 aliphatic carbocycles. The maximum atomic E-state index is 11.0. The maximum Gasteiger partial charge on any atom is 0.330 e. The van der Waals surface area contributed by atoms with Crippen LogP contribution < -0.4 is 4.74 Å². The minimum atomic E-state index is -0.460. The molecule has 0 saturated carbocycles. The van der Waals surface area contributed by atoms with Gasteiger partial charge in [0.25, 0.3) is 0 Å². The third-order valence-corrected chi connectivity index (χ3v) is 5.67. The minimum absolute atomic E-state index is 0.0218. The van der Waals surface area contributed by atoms with Crippen molar-refractivity contribution in [3.63, 3.8) is 0 Å². The van der Waals surface area contributed by atoms with Gasteiger partial charge in [-0.2, -0.15) is 0 Å². The van der Waals surface area contributed by atoms with Crippen LogP contribution in [0.4, 0.5) is 0 Å². The fourth-order valence-electron chi connectivity index (χ4n) is 3.99. The van der Waals surface area contributed by atoms with Gasteiger partial charge in [-0.25, -0.2) is 9.59 Å². The Bertz CT molecular complexity index is 1030. The normalized spacial score (nSPS) is 14.6. The lowest BCUT2D eigenvalue weighted by atomic mass is 9.87. The average molecular weight is 499 g/mol. The number of carbonyl (C=O) groups excluding carboxylic acids is 2. The van der Waals surface area contributed by atoms with Crippen LogP contribution in [0.3, 0.4) is 0 Å². The van der Waals surface area contributed by atoms with E-state index in [2.05, 4.69) is 31.4 Å². The summed E-state index contributed by atoms with van der Waals surface area (Å²) in [5, 5.41) is 2.16. The van der Waals surface area contributed by atoms with Crippen molar-refractivity contribution in [3.05, 3.63) is 66.8 Å². The van der Waals surface area contributed by atoms with Crippen molar-refractivity contribution in [1.29, 1.82) is 0 Å². The van der Waals surface area contributed by atoms with Crippen LogP contribution in [0.1, 0.15) is 30.1 Å². The summed E-state index contributed by atoms with van der Waals surface area (Å²) in [5.74, 6) is -0.101. The summed E-state index contributed by atoms with van der Waals surface area (Å²) in [7, 11) is 0. The maximum absolute atomic E-state index is 11.0. The minimum Gasteiger partial charge on any atom is -0.491 e. The summed E-state index contributed by atoms with van der Waals surface area (Å²) < 4.78 is 32.8. The number of hydrogen-bond donors (Lipinski definition) is 0. The van der Waals surface area contributed by atoms with Gasteiger partial charge in [0, 0.05) is 17.5 Å². The Balaban J connectivity index is 1.48. The van der Waals surface area contributed by atoms with E-state index < -0.39 is 11.9 Å². The van der Waals surface area contributed by atoms with E-state index in [0.717, 1.165) is 47.9 Å². The molecule has 1 aliphatic rings. The lowest BCUT2D eigenvalue weighted by molar-refractivity contribution is -0.140. The van der Waals surface area contributed by atoms with Gasteiger partial charge in [-0.15, -0.1) is 0 Å². The second-order valence-electron chi connectivity index (χ2n) is 8.10. The molecule has 0 fully saturated rings. The first-order valence-corrected chi connectivity index (χ1v) is 12.2. The molecule has 0 heterocycles. The van der Waals surface area contributed by atoms with Crippen LogP contribution in [0.2, 0.25) is 0 Å². The van der Waals surface area contributed by atoms with Crippen molar-refractivity contribution in [2.45, 2.75) is 25.4 Å². The standard InChI is InChI=1S/C28H34O8/c1-3-27(29)35-17-13-31-11-15-33-25-9-5-7-21-20-24-22(19-23(21)25)8-6-10-26(24)34-16-12-32-14-18-36-28(30)4-2/h3-5,7,9,19-20,26H,1-2,6,8,10-18H2. The molecule has 0 saturated heterocycles. The largest absolute Gasteiger partial charge is 0.491 e. The fourth-order valence-corrected chi connectivity index (χ4v) is 3.99. The van der Waals surface area contributed by atoms with E-state index in [1.165, 1.54) is 11.1 Å². The summed E-state index contributed by atoms with van der Waals surface area (Å²) in [6.07, 6.45) is 5.29. The highest BCUT2D eigenvalue weighted by Crippen LogP contribution is 2.37. The SMILES string of the molecule is C=CC(=O)OCCOCCOc1cccc2cc3c(cc12)CCCC3OCCOCCOC(=O)C=C. The summed E-state index contributed by atoms with van der Waals surface area (Å²) in [5.41, 5.74) is 2.48. The van der Waals surface area contributed by atoms with Gasteiger partial charge in [-0.3, -0.25) is 0 Å². The predicted molar refractivity (Wildman–Crippen MR) is 135 cm³/mol. The van der Waals surface area contributed by atoms with E-state index in [0.29, 0.717) is 39.6 Å². The molecule has 2 aromatic carbocycles. The Kier molecular flexibility index (Phi) is 11.4. The number of esters is 2. The van der Waals surface area contributed by atoms with Crippen LogP contribution in [-0.4, -0.2) is 64.8 Å². The van der Waals surface area contributed by atoms with Crippen LogP contribution in [0.15, 0.2) is 55.6 Å². The van der Waals surface area contributed by atoms with Crippen molar-refractivity contribution < 1.29 is 38.0 Å². The average Bonchev–Trinajstić information content (AvgIpc) is 2.90. The molecule has 0 spiro atoms. The molecule has 8 nitrogen and oxygen atoms in total. The van der Waals surface area contributed by atoms with Crippen molar-refractivity contribution in [3.8, 4) is 5.75 Å². The molecule has 194 valence electrons. The Morgan fingerprint density at radius 3 is 2.22 bits per heavy atom. The van der Waals surface area contributed by atoms with Gasteiger partial charge in [0.1, 0.15) is 25.6 Å². The van der Waals surface area contributed by atoms with Crippen molar-refractivity contribution in [1.82, 2.24) is 0 Å². The fraction of sp³-hybridized carbons (Fsp3) is 0.429. The molecule has 0 radical (unpaired) electrons. The quantitative estimate of drug-likeness (QED) is 0.194. The zero-order valence-corrected chi connectivity index (χ0v) is 20.6.